The summed E-state index contributed by atoms with van der Waals surface area (Å²) in [6.07, 6.45) is 5.47. The van der Waals surface area contributed by atoms with Crippen molar-refractivity contribution in [3.63, 3.8) is 0 Å². The normalized spacial score (nSPS) is 15.9. The molecule has 0 radical (unpaired) electrons. The van der Waals surface area contributed by atoms with Gasteiger partial charge < -0.3 is 19.2 Å². The number of aromatic hydroxyl groups is 1. The van der Waals surface area contributed by atoms with E-state index in [0.29, 0.717) is 25.8 Å². The first-order valence-electron chi connectivity index (χ1n) is 15.7. The fourth-order valence-electron chi connectivity index (χ4n) is 6.35. The summed E-state index contributed by atoms with van der Waals surface area (Å²) in [4.78, 5) is 0. The summed E-state index contributed by atoms with van der Waals surface area (Å²) in [6, 6.07) is 38.8. The van der Waals surface area contributed by atoms with Crippen LogP contribution in [0.5, 0.6) is 5.75 Å². The van der Waals surface area contributed by atoms with Crippen molar-refractivity contribution in [3.05, 3.63) is 150 Å². The van der Waals surface area contributed by atoms with Gasteiger partial charge in [-0.1, -0.05) is 143 Å². The molecule has 4 aromatic carbocycles. The lowest BCUT2D eigenvalue weighted by molar-refractivity contribution is 0.182. The van der Waals surface area contributed by atoms with Gasteiger partial charge >= 0.3 is 7.12 Å². The second-order valence-corrected chi connectivity index (χ2v) is 17.0. The molecule has 4 aromatic rings. The largest absolute Gasteiger partial charge is 0.507 e. The summed E-state index contributed by atoms with van der Waals surface area (Å²) in [6.45, 7) is 11.7. The van der Waals surface area contributed by atoms with Crippen LogP contribution in [0.1, 0.15) is 44.7 Å². The summed E-state index contributed by atoms with van der Waals surface area (Å²) in [5.74, 6) is 0.240. The molecule has 1 aliphatic heterocycles. The summed E-state index contributed by atoms with van der Waals surface area (Å²) in [5, 5.41) is 23.3. The molecule has 4 nitrogen and oxygen atoms in total. The van der Waals surface area contributed by atoms with Gasteiger partial charge in [-0.15, -0.1) is 0 Å². The minimum Gasteiger partial charge on any atom is -0.507 e. The average molecular weight is 615 g/mol. The topological polar surface area (TPSA) is 58.9 Å². The highest BCUT2D eigenvalue weighted by Crippen LogP contribution is 2.38. The summed E-state index contributed by atoms with van der Waals surface area (Å²) in [5.41, 5.74) is 4.77. The van der Waals surface area contributed by atoms with E-state index in [9.17, 15) is 10.1 Å². The van der Waals surface area contributed by atoms with Gasteiger partial charge in [0.2, 0.25) is 0 Å². The van der Waals surface area contributed by atoms with Gasteiger partial charge in [-0.05, 0) is 62.7 Å². The Kier molecular flexibility index (Phi) is 10.4. The Morgan fingerprint density at radius 3 is 2.02 bits per heavy atom. The Bertz CT molecular complexity index is 1590. The average Bonchev–Trinajstić information content (AvgIpc) is 3.05. The fraction of sp³-hybridized carbons (Fsp3) is 0.231. The Labute approximate surface area is 269 Å². The number of rotatable bonds is 11. The molecule has 1 heterocycles. The van der Waals surface area contributed by atoms with Crippen LogP contribution in [0.3, 0.4) is 0 Å². The molecule has 0 spiro atoms. The van der Waals surface area contributed by atoms with E-state index < -0.39 is 15.4 Å². The standard InChI is InChI=1S/C39H43BO4Si/c1-30(29-43-45(39(2,3)4,34-19-10-6-11-20-34)35-21-12-7-13-22-35)36-26-27-40(42)44-38(36)25-24-32(31-16-8-5-9-17-31)28-33-18-14-15-23-37(33)41/h5-23,26,28,38,41-42H,1,24-25,27,29H2,2-4H3/b32-28-. The maximum absolute atomic E-state index is 10.5. The minimum absolute atomic E-state index is 0.151. The first-order valence-corrected chi connectivity index (χ1v) is 17.6. The van der Waals surface area contributed by atoms with Gasteiger partial charge in [-0.25, -0.2) is 0 Å². The van der Waals surface area contributed by atoms with Crippen molar-refractivity contribution < 1.29 is 19.2 Å². The van der Waals surface area contributed by atoms with Gasteiger partial charge in [-0.3, -0.25) is 0 Å². The monoisotopic (exact) mass is 614 g/mol. The molecule has 2 N–H and O–H groups in total. The first-order chi connectivity index (χ1) is 21.7. The zero-order valence-electron chi connectivity index (χ0n) is 26.5. The van der Waals surface area contributed by atoms with Gasteiger partial charge in [0.05, 0.1) is 12.7 Å². The van der Waals surface area contributed by atoms with Crippen LogP contribution in [0.4, 0.5) is 0 Å². The quantitative estimate of drug-likeness (QED) is 0.135. The number of para-hydroxylation sites is 1. The van der Waals surface area contributed by atoms with Crippen LogP contribution in [-0.4, -0.2) is 38.3 Å². The molecule has 1 atom stereocenters. The van der Waals surface area contributed by atoms with E-state index in [-0.39, 0.29) is 16.9 Å². The van der Waals surface area contributed by atoms with E-state index in [1.807, 2.05) is 54.6 Å². The smallest absolute Gasteiger partial charge is 0.458 e. The second kappa shape index (κ2) is 14.4. The summed E-state index contributed by atoms with van der Waals surface area (Å²) < 4.78 is 13.3. The molecule has 6 heteroatoms. The predicted molar refractivity (Wildman–Crippen MR) is 190 cm³/mol. The van der Waals surface area contributed by atoms with E-state index in [1.54, 1.807) is 6.07 Å². The number of hydrogen-bond acceptors (Lipinski definition) is 4. The van der Waals surface area contributed by atoms with Crippen molar-refractivity contribution in [2.45, 2.75) is 51.1 Å². The highest BCUT2D eigenvalue weighted by Gasteiger charge is 2.50. The Balaban J connectivity index is 1.41. The predicted octanol–water partition coefficient (Wildman–Crippen LogP) is 7.65. The van der Waals surface area contributed by atoms with Gasteiger partial charge in [0.1, 0.15) is 5.75 Å². The van der Waals surface area contributed by atoms with Gasteiger partial charge in [0, 0.05) is 11.9 Å². The molecule has 1 unspecified atom stereocenters. The highest BCUT2D eigenvalue weighted by atomic mass is 28.4. The van der Waals surface area contributed by atoms with Gasteiger partial charge in [-0.2, -0.15) is 0 Å². The summed E-state index contributed by atoms with van der Waals surface area (Å²) in [7, 11) is -3.62. The van der Waals surface area contributed by atoms with Crippen LogP contribution >= 0.6 is 0 Å². The third kappa shape index (κ3) is 7.48. The number of phenolic OH excluding ortho intramolecular Hbond substituents is 1. The Hall–Kier alpha value is -3.94. The van der Waals surface area contributed by atoms with E-state index >= 15 is 0 Å². The van der Waals surface area contributed by atoms with E-state index in [1.165, 1.54) is 10.4 Å². The van der Waals surface area contributed by atoms with Crippen molar-refractivity contribution in [2.24, 2.45) is 0 Å². The molecular weight excluding hydrogens is 571 g/mol. The molecule has 5 rings (SSSR count). The molecular formula is C39H43BO4Si. The zero-order valence-corrected chi connectivity index (χ0v) is 27.5. The molecule has 0 fully saturated rings. The zero-order chi connectivity index (χ0) is 31.9. The lowest BCUT2D eigenvalue weighted by Gasteiger charge is -2.43. The Morgan fingerprint density at radius 1 is 0.889 bits per heavy atom. The highest BCUT2D eigenvalue weighted by molar-refractivity contribution is 6.99. The Morgan fingerprint density at radius 2 is 1.44 bits per heavy atom. The van der Waals surface area contributed by atoms with Crippen LogP contribution in [0.15, 0.2) is 139 Å². The van der Waals surface area contributed by atoms with Crippen molar-refractivity contribution in [3.8, 4) is 5.75 Å². The SMILES string of the molecule is C=C(CO[Si](c1ccccc1)(c1ccccc1)C(C)(C)C)C1=CCB(O)OC1CC/C(=C/c1ccccc1O)c1ccccc1. The molecule has 230 valence electrons. The maximum atomic E-state index is 10.5. The van der Waals surface area contributed by atoms with Crippen molar-refractivity contribution in [1.29, 1.82) is 0 Å². The van der Waals surface area contributed by atoms with Crippen LogP contribution in [0.25, 0.3) is 11.6 Å². The van der Waals surface area contributed by atoms with E-state index in [2.05, 4.69) is 94.1 Å². The van der Waals surface area contributed by atoms with Gasteiger partial charge in [0.15, 0.2) is 0 Å². The lowest BCUT2D eigenvalue weighted by Crippen LogP contribution is -2.66. The number of hydrogen-bond donors (Lipinski definition) is 2. The maximum Gasteiger partial charge on any atom is 0.458 e. The molecule has 0 amide bonds. The first kappa shape index (κ1) is 32.5. The van der Waals surface area contributed by atoms with Crippen LogP contribution in [0.2, 0.25) is 11.4 Å². The molecule has 45 heavy (non-hydrogen) atoms. The third-order valence-electron chi connectivity index (χ3n) is 8.58. The van der Waals surface area contributed by atoms with Gasteiger partial charge in [0.25, 0.3) is 8.32 Å². The molecule has 0 aliphatic carbocycles. The van der Waals surface area contributed by atoms with Crippen molar-refractivity contribution in [1.82, 2.24) is 0 Å². The molecule has 0 bridgehead atoms. The molecule has 0 saturated carbocycles. The number of benzene rings is 4. The molecule has 0 saturated heterocycles. The molecule has 0 aromatic heterocycles. The second-order valence-electron chi connectivity index (χ2n) is 12.7. The molecule has 1 aliphatic rings. The lowest BCUT2D eigenvalue weighted by atomic mass is 9.78. The van der Waals surface area contributed by atoms with Crippen molar-refractivity contribution >= 4 is 37.5 Å². The van der Waals surface area contributed by atoms with Crippen LogP contribution in [-0.2, 0) is 9.08 Å². The fourth-order valence-corrected chi connectivity index (χ4v) is 10.9. The number of phenols is 1. The third-order valence-corrected chi connectivity index (χ3v) is 13.6. The number of allylic oxidation sites excluding steroid dienone is 2. The van der Waals surface area contributed by atoms with Crippen molar-refractivity contribution in [2.75, 3.05) is 6.61 Å². The summed E-state index contributed by atoms with van der Waals surface area (Å²) >= 11 is 0. The minimum atomic E-state index is -2.75. The van der Waals surface area contributed by atoms with Crippen LogP contribution < -0.4 is 10.4 Å². The van der Waals surface area contributed by atoms with Crippen LogP contribution in [0, 0.1) is 0 Å². The van der Waals surface area contributed by atoms with E-state index in [4.69, 9.17) is 9.08 Å². The van der Waals surface area contributed by atoms with E-state index in [0.717, 1.165) is 27.8 Å².